The van der Waals surface area contributed by atoms with E-state index in [1.165, 1.54) is 12.1 Å². The highest BCUT2D eigenvalue weighted by Gasteiger charge is 2.44. The van der Waals surface area contributed by atoms with Gasteiger partial charge in [-0.15, -0.1) is 0 Å². The van der Waals surface area contributed by atoms with Crippen LogP contribution >= 0.6 is 0 Å². The van der Waals surface area contributed by atoms with Crippen LogP contribution in [0.4, 0.5) is 17.6 Å². The third-order valence-corrected chi connectivity index (χ3v) is 5.31. The molecular formula is C18H23F4NO2. The third kappa shape index (κ3) is 4.44. The first-order chi connectivity index (χ1) is 11.8. The Hall–Kier alpha value is -1.34. The fourth-order valence-electron chi connectivity index (χ4n) is 3.92. The van der Waals surface area contributed by atoms with Crippen molar-refractivity contribution in [2.75, 3.05) is 13.1 Å². The standard InChI is InChI=1S/C18H23F4NO2/c19-13-3-1-4-14(11-13)25-16-6-2-5-15(17(16)24)23-9-7-12(8-10-23)18(20,21)22/h1,3-4,11-12,15-17,24H,2,5-10H2/t15-,16+,17+/m0/s1. The van der Waals surface area contributed by atoms with Crippen molar-refractivity contribution < 1.29 is 27.4 Å². The second-order valence-electron chi connectivity index (χ2n) is 6.95. The summed E-state index contributed by atoms with van der Waals surface area (Å²) in [5.74, 6) is -1.29. The van der Waals surface area contributed by atoms with Crippen LogP contribution in [-0.4, -0.2) is 47.5 Å². The molecule has 1 N–H and O–H groups in total. The van der Waals surface area contributed by atoms with E-state index in [2.05, 4.69) is 0 Å². The monoisotopic (exact) mass is 361 g/mol. The number of rotatable bonds is 3. The van der Waals surface area contributed by atoms with Crippen molar-refractivity contribution in [3.05, 3.63) is 30.1 Å². The normalized spacial score (nSPS) is 29.6. The smallest absolute Gasteiger partial charge is 0.391 e. The molecule has 3 nitrogen and oxygen atoms in total. The van der Waals surface area contributed by atoms with Gasteiger partial charge >= 0.3 is 6.18 Å². The molecule has 1 aliphatic carbocycles. The van der Waals surface area contributed by atoms with E-state index in [1.807, 2.05) is 4.90 Å². The maximum absolute atomic E-state index is 13.3. The molecule has 1 heterocycles. The summed E-state index contributed by atoms with van der Waals surface area (Å²) in [5, 5.41) is 10.7. The van der Waals surface area contributed by atoms with Gasteiger partial charge in [0.15, 0.2) is 0 Å². The van der Waals surface area contributed by atoms with Gasteiger partial charge in [0.1, 0.15) is 23.8 Å². The Labute approximate surface area is 144 Å². The minimum Gasteiger partial charge on any atom is -0.488 e. The summed E-state index contributed by atoms with van der Waals surface area (Å²) in [6.07, 6.45) is -3.06. The number of halogens is 4. The number of benzene rings is 1. The van der Waals surface area contributed by atoms with E-state index in [9.17, 15) is 22.7 Å². The van der Waals surface area contributed by atoms with Gasteiger partial charge in [-0.05, 0) is 57.3 Å². The summed E-state index contributed by atoms with van der Waals surface area (Å²) in [6.45, 7) is 0.664. The number of hydrogen-bond donors (Lipinski definition) is 1. The third-order valence-electron chi connectivity index (χ3n) is 5.31. The summed E-state index contributed by atoms with van der Waals surface area (Å²) < 4.78 is 57.4. The molecule has 1 saturated heterocycles. The van der Waals surface area contributed by atoms with Crippen LogP contribution in [0.15, 0.2) is 24.3 Å². The Morgan fingerprint density at radius 3 is 2.44 bits per heavy atom. The Balaban J connectivity index is 1.60. The average Bonchev–Trinajstić information content (AvgIpc) is 2.56. The van der Waals surface area contributed by atoms with Crippen molar-refractivity contribution in [3.8, 4) is 5.75 Å². The molecule has 1 aromatic rings. The van der Waals surface area contributed by atoms with E-state index < -0.39 is 30.1 Å². The van der Waals surface area contributed by atoms with Crippen LogP contribution < -0.4 is 4.74 Å². The van der Waals surface area contributed by atoms with Crippen LogP contribution in [0.25, 0.3) is 0 Å². The highest BCUT2D eigenvalue weighted by atomic mass is 19.4. The van der Waals surface area contributed by atoms with Gasteiger partial charge in [0.2, 0.25) is 0 Å². The summed E-state index contributed by atoms with van der Waals surface area (Å²) in [4.78, 5) is 1.95. The largest absolute Gasteiger partial charge is 0.488 e. The lowest BCUT2D eigenvalue weighted by atomic mass is 9.86. The molecule has 0 radical (unpaired) electrons. The average molecular weight is 361 g/mol. The Kier molecular flexibility index (Phi) is 5.53. The number of aliphatic hydroxyl groups is 1. The zero-order valence-electron chi connectivity index (χ0n) is 13.9. The fourth-order valence-corrected chi connectivity index (χ4v) is 3.92. The van der Waals surface area contributed by atoms with Gasteiger partial charge in [-0.25, -0.2) is 4.39 Å². The molecule has 2 fully saturated rings. The fraction of sp³-hybridized carbons (Fsp3) is 0.667. The minimum atomic E-state index is -4.14. The van der Waals surface area contributed by atoms with Gasteiger partial charge in [0.25, 0.3) is 0 Å². The van der Waals surface area contributed by atoms with Crippen LogP contribution in [0.3, 0.4) is 0 Å². The number of likely N-dealkylation sites (tertiary alicyclic amines) is 1. The Bertz CT molecular complexity index is 572. The maximum Gasteiger partial charge on any atom is 0.391 e. The molecule has 7 heteroatoms. The Morgan fingerprint density at radius 2 is 1.80 bits per heavy atom. The van der Waals surface area contributed by atoms with Crippen LogP contribution in [0.2, 0.25) is 0 Å². The summed E-state index contributed by atoms with van der Waals surface area (Å²) >= 11 is 0. The number of ether oxygens (including phenoxy) is 1. The van der Waals surface area contributed by atoms with Gasteiger partial charge in [-0.2, -0.15) is 13.2 Å². The zero-order valence-corrected chi connectivity index (χ0v) is 13.9. The van der Waals surface area contributed by atoms with Gasteiger partial charge in [-0.3, -0.25) is 4.90 Å². The Morgan fingerprint density at radius 1 is 1.08 bits per heavy atom. The van der Waals surface area contributed by atoms with Crippen LogP contribution in [-0.2, 0) is 0 Å². The molecule has 140 valence electrons. The molecule has 1 aliphatic heterocycles. The lowest BCUT2D eigenvalue weighted by Crippen LogP contribution is -2.55. The van der Waals surface area contributed by atoms with Crippen molar-refractivity contribution in [1.29, 1.82) is 0 Å². The second kappa shape index (κ2) is 7.50. The number of hydrogen-bond acceptors (Lipinski definition) is 3. The van der Waals surface area contributed by atoms with E-state index >= 15 is 0 Å². The molecule has 1 aromatic carbocycles. The highest BCUT2D eigenvalue weighted by molar-refractivity contribution is 5.23. The molecule has 3 atom stereocenters. The van der Waals surface area contributed by atoms with Crippen LogP contribution in [0, 0.1) is 11.7 Å². The van der Waals surface area contributed by atoms with E-state index in [4.69, 9.17) is 4.74 Å². The van der Waals surface area contributed by atoms with Crippen molar-refractivity contribution >= 4 is 0 Å². The zero-order chi connectivity index (χ0) is 18.0. The first-order valence-corrected chi connectivity index (χ1v) is 8.75. The van der Waals surface area contributed by atoms with Crippen molar-refractivity contribution in [1.82, 2.24) is 4.90 Å². The molecule has 0 spiro atoms. The number of aliphatic hydroxyl groups excluding tert-OH is 1. The molecule has 0 bridgehead atoms. The number of alkyl halides is 3. The van der Waals surface area contributed by atoms with Gasteiger partial charge in [0.05, 0.1) is 5.92 Å². The van der Waals surface area contributed by atoms with Gasteiger partial charge in [0, 0.05) is 12.1 Å². The van der Waals surface area contributed by atoms with Crippen LogP contribution in [0.1, 0.15) is 32.1 Å². The van der Waals surface area contributed by atoms with Crippen molar-refractivity contribution in [3.63, 3.8) is 0 Å². The SMILES string of the molecule is O[C@H]1[C@H](Oc2cccc(F)c2)CCC[C@@H]1N1CCC(C(F)(F)F)CC1. The van der Waals surface area contributed by atoms with E-state index in [-0.39, 0.29) is 18.9 Å². The molecule has 25 heavy (non-hydrogen) atoms. The lowest BCUT2D eigenvalue weighted by Gasteiger charge is -2.44. The first kappa shape index (κ1) is 18.5. The van der Waals surface area contributed by atoms with E-state index in [0.29, 0.717) is 25.3 Å². The maximum atomic E-state index is 13.3. The number of piperidine rings is 1. The molecule has 3 rings (SSSR count). The first-order valence-electron chi connectivity index (χ1n) is 8.75. The molecular weight excluding hydrogens is 338 g/mol. The second-order valence-corrected chi connectivity index (χ2v) is 6.95. The quantitative estimate of drug-likeness (QED) is 0.832. The summed E-state index contributed by atoms with van der Waals surface area (Å²) in [5.41, 5.74) is 0. The number of nitrogens with zero attached hydrogens (tertiary/aromatic N) is 1. The van der Waals surface area contributed by atoms with E-state index in [0.717, 1.165) is 12.8 Å². The van der Waals surface area contributed by atoms with Gasteiger partial charge in [-0.1, -0.05) is 6.07 Å². The summed E-state index contributed by atoms with van der Waals surface area (Å²) in [6, 6.07) is 5.55. The molecule has 0 amide bonds. The minimum absolute atomic E-state index is 0.0716. The topological polar surface area (TPSA) is 32.7 Å². The predicted octanol–water partition coefficient (Wildman–Crippen LogP) is 3.76. The van der Waals surface area contributed by atoms with E-state index in [1.54, 1.807) is 12.1 Å². The van der Waals surface area contributed by atoms with Gasteiger partial charge < -0.3 is 9.84 Å². The lowest BCUT2D eigenvalue weighted by molar-refractivity contribution is -0.188. The highest BCUT2D eigenvalue weighted by Crippen LogP contribution is 2.36. The molecule has 0 unspecified atom stereocenters. The van der Waals surface area contributed by atoms with Crippen molar-refractivity contribution in [2.45, 2.75) is 56.5 Å². The van der Waals surface area contributed by atoms with Crippen LogP contribution in [0.5, 0.6) is 5.75 Å². The predicted molar refractivity (Wildman–Crippen MR) is 84.8 cm³/mol. The molecule has 0 aromatic heterocycles. The molecule has 2 aliphatic rings. The van der Waals surface area contributed by atoms with Crippen molar-refractivity contribution in [2.24, 2.45) is 5.92 Å². The molecule has 1 saturated carbocycles. The summed E-state index contributed by atoms with van der Waals surface area (Å²) in [7, 11) is 0.